The van der Waals surface area contributed by atoms with Crippen LogP contribution in [0.5, 0.6) is 0 Å². The molecule has 2 nitrogen and oxygen atoms in total. The highest BCUT2D eigenvalue weighted by molar-refractivity contribution is 6.30. The Labute approximate surface area is 127 Å². The Morgan fingerprint density at radius 2 is 2.10 bits per heavy atom. The summed E-state index contributed by atoms with van der Waals surface area (Å²) in [6.07, 6.45) is 1.09. The molecule has 20 heavy (non-hydrogen) atoms. The minimum absolute atomic E-state index is 0.202. The summed E-state index contributed by atoms with van der Waals surface area (Å²) in [7, 11) is 1.77. The van der Waals surface area contributed by atoms with Crippen molar-refractivity contribution in [1.29, 1.82) is 0 Å². The Hall–Kier alpha value is -0.570. The highest BCUT2D eigenvalue weighted by Crippen LogP contribution is 2.46. The van der Waals surface area contributed by atoms with E-state index in [1.165, 1.54) is 11.1 Å². The van der Waals surface area contributed by atoms with E-state index in [4.69, 9.17) is 16.3 Å². The maximum atomic E-state index is 6.19. The molecule has 0 spiro atoms. The lowest BCUT2D eigenvalue weighted by atomic mass is 9.84. The van der Waals surface area contributed by atoms with Crippen LogP contribution in [-0.2, 0) is 11.2 Å². The van der Waals surface area contributed by atoms with E-state index in [-0.39, 0.29) is 5.41 Å². The van der Waals surface area contributed by atoms with Crippen molar-refractivity contribution in [1.82, 2.24) is 5.32 Å². The molecule has 0 radical (unpaired) electrons. The van der Waals surface area contributed by atoms with Crippen molar-refractivity contribution in [2.24, 2.45) is 11.3 Å². The third-order valence-electron chi connectivity index (χ3n) is 4.38. The maximum absolute atomic E-state index is 6.19. The molecule has 3 heteroatoms. The summed E-state index contributed by atoms with van der Waals surface area (Å²) in [6, 6.07) is 6.97. The van der Waals surface area contributed by atoms with Crippen molar-refractivity contribution in [3.05, 3.63) is 34.3 Å². The average molecular weight is 296 g/mol. The van der Waals surface area contributed by atoms with Gasteiger partial charge in [0.2, 0.25) is 0 Å². The lowest BCUT2D eigenvalue weighted by molar-refractivity contribution is 0.124. The Morgan fingerprint density at radius 3 is 2.70 bits per heavy atom. The van der Waals surface area contributed by atoms with Crippen LogP contribution < -0.4 is 5.32 Å². The first-order chi connectivity index (χ1) is 9.35. The largest absolute Gasteiger partial charge is 0.383 e. The van der Waals surface area contributed by atoms with Gasteiger partial charge in [0.1, 0.15) is 0 Å². The molecule has 1 N–H and O–H groups in total. The molecule has 1 aromatic rings. The van der Waals surface area contributed by atoms with Gasteiger partial charge in [0.25, 0.3) is 0 Å². The van der Waals surface area contributed by atoms with Crippen molar-refractivity contribution in [3.63, 3.8) is 0 Å². The van der Waals surface area contributed by atoms with Crippen LogP contribution in [0.4, 0.5) is 0 Å². The van der Waals surface area contributed by atoms with E-state index < -0.39 is 0 Å². The summed E-state index contributed by atoms with van der Waals surface area (Å²) in [5.74, 6) is 0.536. The van der Waals surface area contributed by atoms with Gasteiger partial charge in [0, 0.05) is 24.2 Å². The Kier molecular flexibility index (Phi) is 4.78. The van der Waals surface area contributed by atoms with Crippen LogP contribution in [-0.4, -0.2) is 19.8 Å². The number of rotatable bonds is 5. The summed E-state index contributed by atoms with van der Waals surface area (Å²) in [5.41, 5.74) is 2.97. The zero-order valence-electron chi connectivity index (χ0n) is 13.2. The van der Waals surface area contributed by atoms with Crippen LogP contribution in [0.3, 0.4) is 0 Å². The van der Waals surface area contributed by atoms with Gasteiger partial charge in [-0.25, -0.2) is 0 Å². The summed E-state index contributed by atoms with van der Waals surface area (Å²) in [4.78, 5) is 0. The molecule has 2 atom stereocenters. The van der Waals surface area contributed by atoms with E-state index >= 15 is 0 Å². The second-order valence-electron chi connectivity index (χ2n) is 6.91. The van der Waals surface area contributed by atoms with E-state index in [9.17, 15) is 0 Å². The number of hydrogen-bond acceptors (Lipinski definition) is 2. The van der Waals surface area contributed by atoms with E-state index in [1.807, 2.05) is 6.07 Å². The summed E-state index contributed by atoms with van der Waals surface area (Å²) < 4.78 is 5.37. The lowest BCUT2D eigenvalue weighted by Gasteiger charge is -2.34. The Morgan fingerprint density at radius 1 is 1.40 bits per heavy atom. The Bertz CT molecular complexity index is 470. The molecule has 1 aliphatic rings. The van der Waals surface area contributed by atoms with Crippen LogP contribution in [0.1, 0.15) is 44.9 Å². The van der Waals surface area contributed by atoms with Crippen molar-refractivity contribution in [2.45, 2.75) is 46.2 Å². The number of hydrogen-bond donors (Lipinski definition) is 1. The van der Waals surface area contributed by atoms with Crippen LogP contribution >= 0.6 is 11.6 Å². The SMILES string of the molecule is COCC(NC1c2cc(Cl)ccc2CC1(C)C)C(C)C. The average Bonchev–Trinajstić information content (AvgIpc) is 2.59. The predicted molar refractivity (Wildman–Crippen MR) is 85.3 cm³/mol. The number of halogens is 1. The zero-order valence-corrected chi connectivity index (χ0v) is 13.9. The lowest BCUT2D eigenvalue weighted by Crippen LogP contribution is -2.43. The molecule has 0 bridgehead atoms. The number of benzene rings is 1. The third-order valence-corrected chi connectivity index (χ3v) is 4.61. The van der Waals surface area contributed by atoms with Gasteiger partial charge < -0.3 is 10.1 Å². The van der Waals surface area contributed by atoms with Crippen molar-refractivity contribution in [3.8, 4) is 0 Å². The number of ether oxygens (including phenoxy) is 1. The van der Waals surface area contributed by atoms with Crippen molar-refractivity contribution >= 4 is 11.6 Å². The minimum atomic E-state index is 0.202. The van der Waals surface area contributed by atoms with E-state index in [2.05, 4.69) is 45.1 Å². The first-order valence-electron chi connectivity index (χ1n) is 7.38. The minimum Gasteiger partial charge on any atom is -0.383 e. The van der Waals surface area contributed by atoms with Crippen LogP contribution in [0.15, 0.2) is 18.2 Å². The maximum Gasteiger partial charge on any atom is 0.0618 e. The molecular formula is C17H26ClNO. The monoisotopic (exact) mass is 295 g/mol. The summed E-state index contributed by atoms with van der Waals surface area (Å²) in [6.45, 7) is 9.85. The molecule has 2 unspecified atom stereocenters. The van der Waals surface area contributed by atoms with E-state index in [0.29, 0.717) is 18.0 Å². The number of methoxy groups -OCH3 is 1. The smallest absolute Gasteiger partial charge is 0.0618 e. The molecule has 0 aromatic heterocycles. The Balaban J connectivity index is 2.27. The first-order valence-corrected chi connectivity index (χ1v) is 7.76. The highest BCUT2D eigenvalue weighted by Gasteiger charge is 2.40. The molecule has 112 valence electrons. The normalized spacial score (nSPS) is 22.1. The third kappa shape index (κ3) is 3.19. The number of nitrogens with one attached hydrogen (secondary N) is 1. The molecule has 0 saturated carbocycles. The molecular weight excluding hydrogens is 270 g/mol. The van der Waals surface area contributed by atoms with Gasteiger partial charge >= 0.3 is 0 Å². The summed E-state index contributed by atoms with van der Waals surface area (Å²) in [5, 5.41) is 4.63. The van der Waals surface area contributed by atoms with Crippen LogP contribution in [0.25, 0.3) is 0 Å². The zero-order chi connectivity index (χ0) is 14.9. The molecule has 1 aromatic carbocycles. The molecule has 0 amide bonds. The van der Waals surface area contributed by atoms with Gasteiger partial charge in [-0.1, -0.05) is 45.4 Å². The quantitative estimate of drug-likeness (QED) is 0.878. The van der Waals surface area contributed by atoms with Gasteiger partial charge in [-0.05, 0) is 41.0 Å². The van der Waals surface area contributed by atoms with E-state index in [1.54, 1.807) is 7.11 Å². The molecule has 2 rings (SSSR count). The fourth-order valence-electron chi connectivity index (χ4n) is 3.15. The van der Waals surface area contributed by atoms with E-state index in [0.717, 1.165) is 18.1 Å². The van der Waals surface area contributed by atoms with Gasteiger partial charge in [0.15, 0.2) is 0 Å². The van der Waals surface area contributed by atoms with Crippen molar-refractivity contribution < 1.29 is 4.74 Å². The van der Waals surface area contributed by atoms with Crippen LogP contribution in [0.2, 0.25) is 5.02 Å². The summed E-state index contributed by atoms with van der Waals surface area (Å²) >= 11 is 6.19. The van der Waals surface area contributed by atoms with Gasteiger partial charge in [-0.15, -0.1) is 0 Å². The molecule has 0 aliphatic heterocycles. The standard InChI is InChI=1S/C17H26ClNO/c1-11(2)15(10-20-5)19-16-14-8-13(18)7-6-12(14)9-17(16,3)4/h6-8,11,15-16,19H,9-10H2,1-5H3. The highest BCUT2D eigenvalue weighted by atomic mass is 35.5. The van der Waals surface area contributed by atoms with Crippen molar-refractivity contribution in [2.75, 3.05) is 13.7 Å². The fraction of sp³-hybridized carbons (Fsp3) is 0.647. The van der Waals surface area contributed by atoms with Crippen LogP contribution in [0, 0.1) is 11.3 Å². The molecule has 0 heterocycles. The van der Waals surface area contributed by atoms with Gasteiger partial charge in [0.05, 0.1) is 6.61 Å². The predicted octanol–water partition coefficient (Wildman–Crippen LogP) is 4.22. The molecule has 1 aliphatic carbocycles. The fourth-order valence-corrected chi connectivity index (χ4v) is 3.33. The second kappa shape index (κ2) is 6.05. The number of fused-ring (bicyclic) bond motifs is 1. The first kappa shape index (κ1) is 15.8. The second-order valence-corrected chi connectivity index (χ2v) is 7.35. The van der Waals surface area contributed by atoms with Gasteiger partial charge in [-0.2, -0.15) is 0 Å². The van der Waals surface area contributed by atoms with Gasteiger partial charge in [-0.3, -0.25) is 0 Å². The molecule has 0 saturated heterocycles. The molecule has 0 fully saturated rings. The topological polar surface area (TPSA) is 21.3 Å².